The maximum absolute atomic E-state index is 11.5. The zero-order valence-corrected chi connectivity index (χ0v) is 9.20. The normalized spacial score (nSPS) is 10.1. The molecule has 1 aromatic heterocycles. The fourth-order valence-electron chi connectivity index (χ4n) is 1.27. The summed E-state index contributed by atoms with van der Waals surface area (Å²) in [5.41, 5.74) is 6.52. The maximum Gasteiger partial charge on any atom is 0.343 e. The van der Waals surface area contributed by atoms with Gasteiger partial charge in [0.05, 0.1) is 12.3 Å². The predicted molar refractivity (Wildman–Crippen MR) is 56.5 cm³/mol. The van der Waals surface area contributed by atoms with Crippen LogP contribution in [0.25, 0.3) is 0 Å². The summed E-state index contributed by atoms with van der Waals surface area (Å²) < 4.78 is 4.86. The van der Waals surface area contributed by atoms with Gasteiger partial charge in [-0.3, -0.25) is 0 Å². The first kappa shape index (κ1) is 11.4. The number of rotatable bonds is 3. The van der Waals surface area contributed by atoms with E-state index in [1.54, 1.807) is 13.8 Å². The zero-order chi connectivity index (χ0) is 11.4. The highest BCUT2D eigenvalue weighted by Crippen LogP contribution is 2.14. The summed E-state index contributed by atoms with van der Waals surface area (Å²) >= 11 is 0. The Balaban J connectivity index is 3.13. The minimum Gasteiger partial charge on any atom is -0.462 e. The average Bonchev–Trinajstić information content (AvgIpc) is 2.16. The molecule has 0 fully saturated rings. The number of carbonyl (C=O) groups excluding carboxylic acids is 1. The standard InChI is InChI=1S/C10H15N3O2/c1-4-7-12-6(3)8(9(11)13-7)10(14)15-5-2/h4-5H2,1-3H3,(H2,11,12,13). The molecule has 0 amide bonds. The molecule has 0 bridgehead atoms. The van der Waals surface area contributed by atoms with Crippen LogP contribution in [0.2, 0.25) is 0 Å². The Hall–Kier alpha value is -1.65. The Kier molecular flexibility index (Phi) is 3.60. The van der Waals surface area contributed by atoms with Crippen LogP contribution in [0.5, 0.6) is 0 Å². The van der Waals surface area contributed by atoms with Gasteiger partial charge in [-0.2, -0.15) is 0 Å². The van der Waals surface area contributed by atoms with E-state index in [1.165, 1.54) is 0 Å². The molecule has 0 saturated heterocycles. The van der Waals surface area contributed by atoms with Gasteiger partial charge in [-0.25, -0.2) is 14.8 Å². The Morgan fingerprint density at radius 1 is 1.40 bits per heavy atom. The molecule has 0 aliphatic heterocycles. The van der Waals surface area contributed by atoms with E-state index < -0.39 is 5.97 Å². The lowest BCUT2D eigenvalue weighted by molar-refractivity contribution is 0.0526. The van der Waals surface area contributed by atoms with Crippen molar-refractivity contribution in [1.29, 1.82) is 0 Å². The lowest BCUT2D eigenvalue weighted by atomic mass is 10.2. The predicted octanol–water partition coefficient (Wildman–Crippen LogP) is 1.11. The molecule has 0 aliphatic carbocycles. The van der Waals surface area contributed by atoms with Crippen molar-refractivity contribution >= 4 is 11.8 Å². The molecule has 5 heteroatoms. The molecule has 5 nitrogen and oxygen atoms in total. The topological polar surface area (TPSA) is 78.1 Å². The monoisotopic (exact) mass is 209 g/mol. The number of aromatic nitrogens is 2. The lowest BCUT2D eigenvalue weighted by Gasteiger charge is -2.08. The van der Waals surface area contributed by atoms with Crippen LogP contribution in [0.4, 0.5) is 5.82 Å². The second-order valence-corrected chi connectivity index (χ2v) is 3.06. The smallest absolute Gasteiger partial charge is 0.343 e. The van der Waals surface area contributed by atoms with Crippen molar-refractivity contribution < 1.29 is 9.53 Å². The van der Waals surface area contributed by atoms with Crippen LogP contribution in [0, 0.1) is 6.92 Å². The van der Waals surface area contributed by atoms with Gasteiger partial charge in [-0.15, -0.1) is 0 Å². The number of nitrogens with two attached hydrogens (primary N) is 1. The number of nitrogen functional groups attached to an aromatic ring is 1. The van der Waals surface area contributed by atoms with Gasteiger partial charge >= 0.3 is 5.97 Å². The van der Waals surface area contributed by atoms with Gasteiger partial charge in [-0.1, -0.05) is 6.92 Å². The number of ether oxygens (including phenoxy) is 1. The van der Waals surface area contributed by atoms with Gasteiger partial charge < -0.3 is 10.5 Å². The van der Waals surface area contributed by atoms with Crippen LogP contribution in [-0.2, 0) is 11.2 Å². The van der Waals surface area contributed by atoms with Crippen LogP contribution >= 0.6 is 0 Å². The van der Waals surface area contributed by atoms with Crippen molar-refractivity contribution in [2.45, 2.75) is 27.2 Å². The number of esters is 1. The molecule has 1 heterocycles. The third kappa shape index (κ3) is 2.43. The van der Waals surface area contributed by atoms with Crippen molar-refractivity contribution in [3.63, 3.8) is 0 Å². The first-order valence-corrected chi connectivity index (χ1v) is 4.90. The number of aryl methyl sites for hydroxylation is 2. The van der Waals surface area contributed by atoms with Crippen LogP contribution in [0.15, 0.2) is 0 Å². The van der Waals surface area contributed by atoms with Crippen molar-refractivity contribution in [2.24, 2.45) is 0 Å². The number of hydrogen-bond donors (Lipinski definition) is 1. The largest absolute Gasteiger partial charge is 0.462 e. The Morgan fingerprint density at radius 2 is 2.07 bits per heavy atom. The molecule has 0 unspecified atom stereocenters. The van der Waals surface area contributed by atoms with Gasteiger partial charge in [0.15, 0.2) is 0 Å². The zero-order valence-electron chi connectivity index (χ0n) is 9.20. The van der Waals surface area contributed by atoms with E-state index in [9.17, 15) is 4.79 Å². The van der Waals surface area contributed by atoms with Gasteiger partial charge in [0, 0.05) is 6.42 Å². The van der Waals surface area contributed by atoms with Gasteiger partial charge in [-0.05, 0) is 13.8 Å². The van der Waals surface area contributed by atoms with Crippen LogP contribution < -0.4 is 5.73 Å². The number of hydrogen-bond acceptors (Lipinski definition) is 5. The van der Waals surface area contributed by atoms with Crippen molar-refractivity contribution in [3.8, 4) is 0 Å². The molecule has 2 N–H and O–H groups in total. The molecular formula is C10H15N3O2. The SMILES string of the molecule is CCOC(=O)c1c(C)nc(CC)nc1N. The fraction of sp³-hybridized carbons (Fsp3) is 0.500. The van der Waals surface area contributed by atoms with Crippen molar-refractivity contribution in [3.05, 3.63) is 17.1 Å². The molecule has 1 aromatic rings. The van der Waals surface area contributed by atoms with E-state index in [2.05, 4.69) is 9.97 Å². The van der Waals surface area contributed by atoms with E-state index in [4.69, 9.17) is 10.5 Å². The molecule has 0 spiro atoms. The summed E-state index contributed by atoms with van der Waals surface area (Å²) in [5, 5.41) is 0. The minimum atomic E-state index is -0.463. The van der Waals surface area contributed by atoms with Crippen LogP contribution in [-0.4, -0.2) is 22.5 Å². The van der Waals surface area contributed by atoms with E-state index in [0.29, 0.717) is 24.5 Å². The molecule has 82 valence electrons. The second-order valence-electron chi connectivity index (χ2n) is 3.06. The van der Waals surface area contributed by atoms with Crippen LogP contribution in [0.1, 0.15) is 35.7 Å². The molecule has 0 aromatic carbocycles. The number of nitrogens with zero attached hydrogens (tertiary/aromatic N) is 2. The van der Waals surface area contributed by atoms with E-state index in [0.717, 1.165) is 0 Å². The fourth-order valence-corrected chi connectivity index (χ4v) is 1.27. The Bertz CT molecular complexity index is 354. The molecule has 0 atom stereocenters. The second kappa shape index (κ2) is 4.72. The minimum absolute atomic E-state index is 0.192. The van der Waals surface area contributed by atoms with E-state index in [1.807, 2.05) is 6.92 Å². The molecule has 0 aliphatic rings. The number of anilines is 1. The Labute approximate surface area is 88.7 Å². The highest BCUT2D eigenvalue weighted by Gasteiger charge is 2.17. The number of carbonyl (C=O) groups is 1. The van der Waals surface area contributed by atoms with Gasteiger partial charge in [0.1, 0.15) is 17.2 Å². The molecule has 15 heavy (non-hydrogen) atoms. The quantitative estimate of drug-likeness (QED) is 0.754. The van der Waals surface area contributed by atoms with Gasteiger partial charge in [0.2, 0.25) is 0 Å². The first-order chi connectivity index (χ1) is 7.10. The summed E-state index contributed by atoms with van der Waals surface area (Å²) in [6.45, 7) is 5.71. The lowest BCUT2D eigenvalue weighted by Crippen LogP contribution is -2.14. The van der Waals surface area contributed by atoms with Crippen LogP contribution in [0.3, 0.4) is 0 Å². The molecule has 0 radical (unpaired) electrons. The van der Waals surface area contributed by atoms with Crippen molar-refractivity contribution in [1.82, 2.24) is 9.97 Å². The summed E-state index contributed by atoms with van der Waals surface area (Å²) in [5.74, 6) is 0.367. The Morgan fingerprint density at radius 3 is 2.53 bits per heavy atom. The third-order valence-corrected chi connectivity index (χ3v) is 1.96. The van der Waals surface area contributed by atoms with Gasteiger partial charge in [0.25, 0.3) is 0 Å². The third-order valence-electron chi connectivity index (χ3n) is 1.96. The summed E-state index contributed by atoms with van der Waals surface area (Å²) in [4.78, 5) is 19.7. The highest BCUT2D eigenvalue weighted by atomic mass is 16.5. The summed E-state index contributed by atoms with van der Waals surface area (Å²) in [7, 11) is 0. The van der Waals surface area contributed by atoms with Crippen molar-refractivity contribution in [2.75, 3.05) is 12.3 Å². The average molecular weight is 209 g/mol. The summed E-state index contributed by atoms with van der Waals surface area (Å²) in [6.07, 6.45) is 0.689. The molecule has 0 saturated carbocycles. The maximum atomic E-state index is 11.5. The van der Waals surface area contributed by atoms with E-state index >= 15 is 0 Å². The first-order valence-electron chi connectivity index (χ1n) is 4.90. The highest BCUT2D eigenvalue weighted by molar-refractivity contribution is 5.95. The van der Waals surface area contributed by atoms with E-state index in [-0.39, 0.29) is 11.4 Å². The summed E-state index contributed by atoms with van der Waals surface area (Å²) in [6, 6.07) is 0. The molecular weight excluding hydrogens is 194 g/mol. The molecule has 1 rings (SSSR count).